The molecule has 2 heterocycles. The van der Waals surface area contributed by atoms with E-state index in [-0.39, 0.29) is 0 Å². The van der Waals surface area contributed by atoms with Crippen molar-refractivity contribution in [3.05, 3.63) is 30.2 Å². The highest BCUT2D eigenvalue weighted by Gasteiger charge is 2.04. The van der Waals surface area contributed by atoms with Gasteiger partial charge < -0.3 is 0 Å². The van der Waals surface area contributed by atoms with Gasteiger partial charge in [-0.05, 0) is 22.6 Å². The van der Waals surface area contributed by atoms with Gasteiger partial charge in [0.15, 0.2) is 5.82 Å². The number of aromatic nitrogens is 5. The van der Waals surface area contributed by atoms with Crippen LogP contribution in [0.25, 0.3) is 5.82 Å². The molecule has 13 heavy (non-hydrogen) atoms. The first-order valence-corrected chi connectivity index (χ1v) is 3.50. The van der Waals surface area contributed by atoms with Crippen molar-refractivity contribution in [3.63, 3.8) is 0 Å². The molecule has 6 heteroatoms. The second kappa shape index (κ2) is 2.98. The van der Waals surface area contributed by atoms with E-state index >= 15 is 0 Å². The Morgan fingerprint density at radius 2 is 2.38 bits per heavy atom. The third-order valence-corrected chi connectivity index (χ3v) is 1.47. The zero-order valence-electron chi connectivity index (χ0n) is 6.49. The summed E-state index contributed by atoms with van der Waals surface area (Å²) in [6, 6.07) is 5.35. The van der Waals surface area contributed by atoms with Crippen LogP contribution in [0.3, 0.4) is 0 Å². The lowest BCUT2D eigenvalue weighted by atomic mass is 10.3. The van der Waals surface area contributed by atoms with Gasteiger partial charge >= 0.3 is 0 Å². The maximum absolute atomic E-state index is 8.75. The molecule has 62 valence electrons. The van der Waals surface area contributed by atoms with Crippen LogP contribution in [0.15, 0.2) is 24.7 Å². The highest BCUT2D eigenvalue weighted by molar-refractivity contribution is 5.41. The minimum absolute atomic E-state index is 0.440. The van der Waals surface area contributed by atoms with Gasteiger partial charge in [-0.2, -0.15) is 9.94 Å². The summed E-state index contributed by atoms with van der Waals surface area (Å²) in [5.74, 6) is 0.440. The second-order valence-electron chi connectivity index (χ2n) is 2.24. The number of hydrogen-bond donors (Lipinski definition) is 0. The highest BCUT2D eigenvalue weighted by Crippen LogP contribution is 2.06. The van der Waals surface area contributed by atoms with Crippen molar-refractivity contribution in [2.75, 3.05) is 0 Å². The van der Waals surface area contributed by atoms with Crippen LogP contribution in [0.4, 0.5) is 0 Å². The fraction of sp³-hybridized carbons (Fsp3) is 0. The molecule has 0 aromatic carbocycles. The van der Waals surface area contributed by atoms with Crippen molar-refractivity contribution in [3.8, 4) is 11.9 Å². The van der Waals surface area contributed by atoms with Gasteiger partial charge in [-0.3, -0.25) is 0 Å². The van der Waals surface area contributed by atoms with Gasteiger partial charge in [0.25, 0.3) is 0 Å². The van der Waals surface area contributed by atoms with Crippen LogP contribution in [0.5, 0.6) is 0 Å². The molecular weight excluding hydrogens is 168 g/mol. The lowest BCUT2D eigenvalue weighted by molar-refractivity contribution is 0.769. The molecule has 0 saturated heterocycles. The SMILES string of the molecule is N#Cc1cccnc1-n1cnnn1. The van der Waals surface area contributed by atoms with Crippen molar-refractivity contribution >= 4 is 0 Å². The lowest BCUT2D eigenvalue weighted by Crippen LogP contribution is -2.00. The summed E-state index contributed by atoms with van der Waals surface area (Å²) in [7, 11) is 0. The predicted octanol–water partition coefficient (Wildman–Crippen LogP) is -0.0710. The normalized spacial score (nSPS) is 9.46. The minimum atomic E-state index is 0.440. The third-order valence-electron chi connectivity index (χ3n) is 1.47. The Bertz CT molecular complexity index is 440. The molecule has 6 nitrogen and oxygen atoms in total. The molecule has 0 unspecified atom stereocenters. The zero-order valence-corrected chi connectivity index (χ0v) is 6.49. The third kappa shape index (κ3) is 1.22. The van der Waals surface area contributed by atoms with Crippen LogP contribution in [0.2, 0.25) is 0 Å². The van der Waals surface area contributed by atoms with Gasteiger partial charge in [0, 0.05) is 6.20 Å². The molecule has 2 aromatic rings. The Kier molecular flexibility index (Phi) is 1.69. The molecule has 0 atom stereocenters. The largest absolute Gasteiger partial charge is 0.236 e. The molecule has 0 aliphatic heterocycles. The fourth-order valence-corrected chi connectivity index (χ4v) is 0.925. The second-order valence-corrected chi connectivity index (χ2v) is 2.24. The van der Waals surface area contributed by atoms with E-state index < -0.39 is 0 Å². The van der Waals surface area contributed by atoms with Gasteiger partial charge in [0.1, 0.15) is 12.4 Å². The first-order valence-electron chi connectivity index (χ1n) is 3.50. The number of hydrogen-bond acceptors (Lipinski definition) is 5. The van der Waals surface area contributed by atoms with Crippen LogP contribution >= 0.6 is 0 Å². The molecule has 2 rings (SSSR count). The standard InChI is InChI=1S/C7H4N6/c8-4-6-2-1-3-9-7(6)13-5-10-11-12-13/h1-3,5H. The number of pyridine rings is 1. The molecule has 0 radical (unpaired) electrons. The van der Waals surface area contributed by atoms with E-state index in [2.05, 4.69) is 20.5 Å². The topological polar surface area (TPSA) is 80.3 Å². The minimum Gasteiger partial charge on any atom is -0.236 e. The van der Waals surface area contributed by atoms with Crippen molar-refractivity contribution in [1.29, 1.82) is 5.26 Å². The van der Waals surface area contributed by atoms with Gasteiger partial charge in [0.2, 0.25) is 0 Å². The van der Waals surface area contributed by atoms with Gasteiger partial charge in [0.05, 0.1) is 5.56 Å². The predicted molar refractivity (Wildman–Crippen MR) is 41.7 cm³/mol. The van der Waals surface area contributed by atoms with E-state index in [4.69, 9.17) is 5.26 Å². The van der Waals surface area contributed by atoms with E-state index in [1.54, 1.807) is 18.3 Å². The van der Waals surface area contributed by atoms with E-state index in [0.29, 0.717) is 11.4 Å². The van der Waals surface area contributed by atoms with Crippen molar-refractivity contribution in [2.24, 2.45) is 0 Å². The van der Waals surface area contributed by atoms with Crippen LogP contribution in [-0.2, 0) is 0 Å². The maximum atomic E-state index is 8.75. The Balaban J connectivity index is 2.59. The molecule has 0 N–H and O–H groups in total. The van der Waals surface area contributed by atoms with Crippen molar-refractivity contribution in [1.82, 2.24) is 25.2 Å². The number of tetrazole rings is 1. The average molecular weight is 172 g/mol. The first kappa shape index (κ1) is 7.36. The van der Waals surface area contributed by atoms with E-state index in [1.165, 1.54) is 11.0 Å². The Hall–Kier alpha value is -2.29. The Morgan fingerprint density at radius 1 is 1.46 bits per heavy atom. The molecule has 0 bridgehead atoms. The summed E-state index contributed by atoms with van der Waals surface area (Å²) >= 11 is 0. The molecular formula is C7H4N6. The Labute approximate surface area is 73.4 Å². The lowest BCUT2D eigenvalue weighted by Gasteiger charge is -1.98. The number of nitriles is 1. The summed E-state index contributed by atoms with van der Waals surface area (Å²) in [5.41, 5.74) is 0.440. The van der Waals surface area contributed by atoms with Gasteiger partial charge in [-0.25, -0.2) is 4.98 Å². The summed E-state index contributed by atoms with van der Waals surface area (Å²) in [5, 5.41) is 19.3. The smallest absolute Gasteiger partial charge is 0.174 e. The summed E-state index contributed by atoms with van der Waals surface area (Å²) in [6.45, 7) is 0. The summed E-state index contributed by atoms with van der Waals surface area (Å²) < 4.78 is 1.35. The monoisotopic (exact) mass is 172 g/mol. The summed E-state index contributed by atoms with van der Waals surface area (Å²) in [4.78, 5) is 3.99. The van der Waals surface area contributed by atoms with Crippen LogP contribution in [-0.4, -0.2) is 25.2 Å². The van der Waals surface area contributed by atoms with E-state index in [1.807, 2.05) is 6.07 Å². The average Bonchev–Trinajstić information content (AvgIpc) is 2.70. The van der Waals surface area contributed by atoms with Crippen molar-refractivity contribution < 1.29 is 0 Å². The maximum Gasteiger partial charge on any atom is 0.174 e. The van der Waals surface area contributed by atoms with Crippen molar-refractivity contribution in [2.45, 2.75) is 0 Å². The molecule has 0 fully saturated rings. The fourth-order valence-electron chi connectivity index (χ4n) is 0.925. The molecule has 0 aliphatic rings. The number of nitrogens with zero attached hydrogens (tertiary/aromatic N) is 6. The zero-order chi connectivity index (χ0) is 9.10. The highest BCUT2D eigenvalue weighted by atomic mass is 15.5. The molecule has 0 saturated carbocycles. The Morgan fingerprint density at radius 3 is 3.08 bits per heavy atom. The van der Waals surface area contributed by atoms with Crippen LogP contribution < -0.4 is 0 Å². The van der Waals surface area contributed by atoms with E-state index in [9.17, 15) is 0 Å². The van der Waals surface area contributed by atoms with E-state index in [0.717, 1.165) is 0 Å². The number of rotatable bonds is 1. The van der Waals surface area contributed by atoms with Crippen LogP contribution in [0, 0.1) is 11.3 Å². The van der Waals surface area contributed by atoms with Gasteiger partial charge in [-0.15, -0.1) is 5.10 Å². The quantitative estimate of drug-likeness (QED) is 0.601. The van der Waals surface area contributed by atoms with Crippen LogP contribution in [0.1, 0.15) is 5.56 Å². The molecule has 0 amide bonds. The molecule has 2 aromatic heterocycles. The first-order chi connectivity index (χ1) is 6.42. The summed E-state index contributed by atoms with van der Waals surface area (Å²) in [6.07, 6.45) is 2.97. The van der Waals surface area contributed by atoms with Gasteiger partial charge in [-0.1, -0.05) is 0 Å². The molecule has 0 aliphatic carbocycles. The molecule has 0 spiro atoms.